The Morgan fingerprint density at radius 2 is 1.72 bits per heavy atom. The number of ether oxygens (including phenoxy) is 1. The number of hydrogen-bond donors (Lipinski definition) is 2. The normalized spacial score (nSPS) is 10.2. The van der Waals surface area contributed by atoms with E-state index in [1.807, 2.05) is 0 Å². The first-order valence-corrected chi connectivity index (χ1v) is 8.51. The van der Waals surface area contributed by atoms with E-state index in [4.69, 9.17) is 39.5 Å². The monoisotopic (exact) mass is 400 g/mol. The zero-order valence-electron chi connectivity index (χ0n) is 13.0. The molecule has 0 spiro atoms. The lowest BCUT2D eigenvalue weighted by Crippen LogP contribution is -2.41. The lowest BCUT2D eigenvalue weighted by molar-refractivity contribution is -0.122. The van der Waals surface area contributed by atoms with Gasteiger partial charge in [-0.25, -0.2) is 0 Å². The highest BCUT2D eigenvalue weighted by Crippen LogP contribution is 2.27. The third-order valence-corrected chi connectivity index (χ3v) is 3.87. The van der Waals surface area contributed by atoms with Crippen LogP contribution in [0.25, 0.3) is 0 Å². The zero-order valence-corrected chi connectivity index (χ0v) is 15.3. The molecule has 0 atom stereocenters. The average molecular weight is 402 g/mol. The van der Waals surface area contributed by atoms with E-state index in [2.05, 4.69) is 10.9 Å². The van der Waals surface area contributed by atoms with Gasteiger partial charge in [0, 0.05) is 22.0 Å². The summed E-state index contributed by atoms with van der Waals surface area (Å²) in [6.07, 6.45) is 0.638. The first-order valence-electron chi connectivity index (χ1n) is 7.38. The quantitative estimate of drug-likeness (QED) is 0.561. The van der Waals surface area contributed by atoms with Gasteiger partial charge < -0.3 is 4.74 Å². The van der Waals surface area contributed by atoms with Gasteiger partial charge in [0.15, 0.2) is 0 Å². The first kappa shape index (κ1) is 19.4. The minimum Gasteiger partial charge on any atom is -0.492 e. The summed E-state index contributed by atoms with van der Waals surface area (Å²) in [5.41, 5.74) is 5.02. The van der Waals surface area contributed by atoms with Gasteiger partial charge in [0.1, 0.15) is 5.75 Å². The van der Waals surface area contributed by atoms with Crippen molar-refractivity contribution in [1.82, 2.24) is 10.9 Å². The highest BCUT2D eigenvalue weighted by atomic mass is 35.5. The Hall–Kier alpha value is -1.95. The molecule has 5 nitrogen and oxygen atoms in total. The minimum atomic E-state index is -0.444. The Morgan fingerprint density at radius 3 is 2.44 bits per heavy atom. The number of amides is 2. The summed E-state index contributed by atoms with van der Waals surface area (Å²) in [5, 5.41) is 1.37. The number of hydrogen-bond acceptors (Lipinski definition) is 3. The molecule has 8 heteroatoms. The van der Waals surface area contributed by atoms with Crippen molar-refractivity contribution in [2.75, 3.05) is 6.61 Å². The lowest BCUT2D eigenvalue weighted by Gasteiger charge is -2.09. The van der Waals surface area contributed by atoms with Crippen LogP contribution in [-0.4, -0.2) is 18.4 Å². The molecular weight excluding hydrogens is 387 g/mol. The number of benzene rings is 2. The third kappa shape index (κ3) is 6.46. The molecule has 132 valence electrons. The summed E-state index contributed by atoms with van der Waals surface area (Å²) in [6, 6.07) is 11.3. The first-order chi connectivity index (χ1) is 12.0. The number of nitrogens with one attached hydrogen (secondary N) is 2. The number of rotatable bonds is 6. The van der Waals surface area contributed by atoms with Crippen molar-refractivity contribution in [3.63, 3.8) is 0 Å². The van der Waals surface area contributed by atoms with Crippen molar-refractivity contribution in [2.24, 2.45) is 0 Å². The van der Waals surface area contributed by atoms with Gasteiger partial charge in [0.2, 0.25) is 5.91 Å². The van der Waals surface area contributed by atoms with E-state index < -0.39 is 5.91 Å². The van der Waals surface area contributed by atoms with Crippen LogP contribution in [0.15, 0.2) is 42.5 Å². The minimum absolute atomic E-state index is 0.182. The maximum Gasteiger partial charge on any atom is 0.269 e. The van der Waals surface area contributed by atoms with Crippen molar-refractivity contribution in [2.45, 2.75) is 12.8 Å². The molecule has 0 saturated carbocycles. The molecule has 0 aliphatic heterocycles. The van der Waals surface area contributed by atoms with Crippen molar-refractivity contribution in [3.05, 3.63) is 63.1 Å². The summed E-state index contributed by atoms with van der Waals surface area (Å²) in [5.74, 6) is -0.276. The number of carbonyl (C=O) groups excluding carboxylic acids is 2. The summed E-state index contributed by atoms with van der Waals surface area (Å²) in [6.45, 7) is 0.303. The van der Waals surface area contributed by atoms with Gasteiger partial charge in [-0.2, -0.15) is 0 Å². The maximum absolute atomic E-state index is 11.8. The van der Waals surface area contributed by atoms with Gasteiger partial charge in [0.05, 0.1) is 11.6 Å². The molecule has 25 heavy (non-hydrogen) atoms. The highest BCUT2D eigenvalue weighted by molar-refractivity contribution is 6.35. The van der Waals surface area contributed by atoms with Gasteiger partial charge in [-0.15, -0.1) is 0 Å². The maximum atomic E-state index is 11.8. The van der Waals surface area contributed by atoms with Crippen LogP contribution in [0.4, 0.5) is 0 Å². The van der Waals surface area contributed by atoms with E-state index in [0.717, 1.165) is 0 Å². The van der Waals surface area contributed by atoms with Crippen LogP contribution >= 0.6 is 34.8 Å². The largest absolute Gasteiger partial charge is 0.492 e. The molecule has 2 aromatic rings. The summed E-state index contributed by atoms with van der Waals surface area (Å²) < 4.78 is 5.48. The molecule has 0 unspecified atom stereocenters. The average Bonchev–Trinajstić information content (AvgIpc) is 2.58. The SMILES string of the molecule is O=C(CCCOc1ccc(Cl)cc1Cl)NNC(=O)c1cccc(Cl)c1. The Labute approximate surface area is 160 Å². The topological polar surface area (TPSA) is 67.4 Å². The summed E-state index contributed by atoms with van der Waals surface area (Å²) in [4.78, 5) is 23.6. The van der Waals surface area contributed by atoms with E-state index >= 15 is 0 Å². The van der Waals surface area contributed by atoms with Gasteiger partial charge >= 0.3 is 0 Å². The Balaban J connectivity index is 1.68. The smallest absolute Gasteiger partial charge is 0.269 e. The van der Waals surface area contributed by atoms with E-state index in [0.29, 0.717) is 39.4 Å². The number of carbonyl (C=O) groups is 2. The van der Waals surface area contributed by atoms with Crippen LogP contribution in [0.1, 0.15) is 23.2 Å². The van der Waals surface area contributed by atoms with Crippen LogP contribution < -0.4 is 15.6 Å². The van der Waals surface area contributed by atoms with Crippen molar-refractivity contribution in [3.8, 4) is 5.75 Å². The predicted octanol–water partition coefficient (Wildman–Crippen LogP) is 4.27. The Bertz CT molecular complexity index is 769. The summed E-state index contributed by atoms with van der Waals surface area (Å²) >= 11 is 17.6. The molecule has 2 aromatic carbocycles. The Kier molecular flexibility index (Phi) is 7.37. The van der Waals surface area contributed by atoms with Crippen molar-refractivity contribution >= 4 is 46.6 Å². The van der Waals surface area contributed by atoms with E-state index in [1.54, 1.807) is 36.4 Å². The third-order valence-electron chi connectivity index (χ3n) is 3.10. The number of hydrazine groups is 1. The zero-order chi connectivity index (χ0) is 18.2. The molecule has 0 fully saturated rings. The molecule has 0 saturated heterocycles. The second-order valence-corrected chi connectivity index (χ2v) is 6.32. The molecular formula is C17H15Cl3N2O3. The van der Waals surface area contributed by atoms with Crippen molar-refractivity contribution in [1.29, 1.82) is 0 Å². The fourth-order valence-corrected chi connectivity index (χ4v) is 2.55. The molecule has 2 amide bonds. The molecule has 0 radical (unpaired) electrons. The highest BCUT2D eigenvalue weighted by Gasteiger charge is 2.08. The molecule has 0 aromatic heterocycles. The second kappa shape index (κ2) is 9.51. The standard InChI is InChI=1S/C17H15Cl3N2O3/c18-12-4-1-3-11(9-12)17(24)22-21-16(23)5-2-8-25-15-7-6-13(19)10-14(15)20/h1,3-4,6-7,9-10H,2,5,8H2,(H,21,23)(H,22,24). The lowest BCUT2D eigenvalue weighted by atomic mass is 10.2. The second-order valence-electron chi connectivity index (χ2n) is 5.04. The van der Waals surface area contributed by atoms with Gasteiger partial charge in [0.25, 0.3) is 5.91 Å². The Morgan fingerprint density at radius 1 is 0.960 bits per heavy atom. The van der Waals surface area contributed by atoms with E-state index in [-0.39, 0.29) is 12.3 Å². The van der Waals surface area contributed by atoms with E-state index in [1.165, 1.54) is 6.07 Å². The molecule has 2 N–H and O–H groups in total. The van der Waals surface area contributed by atoms with Crippen LogP contribution in [0.5, 0.6) is 5.75 Å². The molecule has 0 bridgehead atoms. The van der Waals surface area contributed by atoms with Crippen LogP contribution in [-0.2, 0) is 4.79 Å². The van der Waals surface area contributed by atoms with Crippen molar-refractivity contribution < 1.29 is 14.3 Å². The fraction of sp³-hybridized carbons (Fsp3) is 0.176. The fourth-order valence-electron chi connectivity index (χ4n) is 1.90. The molecule has 0 heterocycles. The molecule has 0 aliphatic rings. The van der Waals surface area contributed by atoms with Crippen LogP contribution in [0.2, 0.25) is 15.1 Å². The van der Waals surface area contributed by atoms with E-state index in [9.17, 15) is 9.59 Å². The van der Waals surface area contributed by atoms with Crippen LogP contribution in [0, 0.1) is 0 Å². The predicted molar refractivity (Wildman–Crippen MR) is 98.3 cm³/mol. The summed E-state index contributed by atoms with van der Waals surface area (Å²) in [7, 11) is 0. The molecule has 2 rings (SSSR count). The number of halogens is 3. The van der Waals surface area contributed by atoms with Gasteiger partial charge in [-0.1, -0.05) is 40.9 Å². The molecule has 0 aliphatic carbocycles. The van der Waals surface area contributed by atoms with Gasteiger partial charge in [-0.05, 0) is 42.8 Å². The van der Waals surface area contributed by atoms with Crippen LogP contribution in [0.3, 0.4) is 0 Å². The van der Waals surface area contributed by atoms with Gasteiger partial charge in [-0.3, -0.25) is 20.4 Å².